The summed E-state index contributed by atoms with van der Waals surface area (Å²) < 4.78 is 5.47. The van der Waals surface area contributed by atoms with Gasteiger partial charge >= 0.3 is 0 Å². The molecular formula is C20H26N4O. The molecule has 0 aliphatic carbocycles. The number of aliphatic imine (C=N–C) groups is 1. The van der Waals surface area contributed by atoms with Crippen molar-refractivity contribution in [2.24, 2.45) is 16.6 Å². The Balaban J connectivity index is 1.55. The zero-order chi connectivity index (χ0) is 17.6. The van der Waals surface area contributed by atoms with Crippen LogP contribution in [0.15, 0.2) is 53.5 Å². The highest BCUT2D eigenvalue weighted by Crippen LogP contribution is 2.31. The highest BCUT2D eigenvalue weighted by atomic mass is 16.5. The molecule has 1 atom stereocenters. The lowest BCUT2D eigenvalue weighted by atomic mass is 10.1. The first-order valence-electron chi connectivity index (χ1n) is 8.67. The van der Waals surface area contributed by atoms with E-state index in [1.807, 2.05) is 30.3 Å². The Morgan fingerprint density at radius 2 is 2.00 bits per heavy atom. The Bertz CT molecular complexity index is 727. The van der Waals surface area contributed by atoms with Crippen molar-refractivity contribution in [2.75, 3.05) is 37.0 Å². The molecule has 0 radical (unpaired) electrons. The number of para-hydroxylation sites is 2. The monoisotopic (exact) mass is 338 g/mol. The van der Waals surface area contributed by atoms with Crippen molar-refractivity contribution < 1.29 is 4.74 Å². The van der Waals surface area contributed by atoms with E-state index in [1.165, 1.54) is 5.56 Å². The van der Waals surface area contributed by atoms with E-state index in [0.29, 0.717) is 11.9 Å². The second kappa shape index (κ2) is 7.92. The Hall–Kier alpha value is -2.69. The van der Waals surface area contributed by atoms with E-state index in [1.54, 1.807) is 7.11 Å². The summed E-state index contributed by atoms with van der Waals surface area (Å²) in [7, 11) is 1.72. The number of nitrogens with one attached hydrogen (secondary N) is 1. The largest absolute Gasteiger partial charge is 0.495 e. The van der Waals surface area contributed by atoms with Crippen LogP contribution >= 0.6 is 0 Å². The van der Waals surface area contributed by atoms with Gasteiger partial charge in [0.05, 0.1) is 12.8 Å². The zero-order valence-corrected chi connectivity index (χ0v) is 14.9. The fourth-order valence-corrected chi connectivity index (χ4v) is 3.14. The lowest BCUT2D eigenvalue weighted by Crippen LogP contribution is -2.25. The highest BCUT2D eigenvalue weighted by Gasteiger charge is 2.24. The molecule has 0 amide bonds. The van der Waals surface area contributed by atoms with Gasteiger partial charge in [-0.25, -0.2) is 0 Å². The van der Waals surface area contributed by atoms with Gasteiger partial charge in [0.2, 0.25) is 0 Å². The molecule has 2 aromatic rings. The normalized spacial score (nSPS) is 17.6. The van der Waals surface area contributed by atoms with E-state index in [4.69, 9.17) is 10.5 Å². The number of methoxy groups -OCH3 is 1. The first kappa shape index (κ1) is 17.1. The molecule has 0 aromatic heterocycles. The molecule has 1 heterocycles. The summed E-state index contributed by atoms with van der Waals surface area (Å²) in [6, 6.07) is 16.3. The fourth-order valence-electron chi connectivity index (χ4n) is 3.14. The van der Waals surface area contributed by atoms with Crippen LogP contribution in [0, 0.1) is 12.8 Å². The van der Waals surface area contributed by atoms with Gasteiger partial charge in [-0.3, -0.25) is 4.99 Å². The third-order valence-electron chi connectivity index (χ3n) is 4.56. The van der Waals surface area contributed by atoms with Crippen molar-refractivity contribution in [2.45, 2.75) is 13.3 Å². The van der Waals surface area contributed by atoms with Crippen LogP contribution in [0.3, 0.4) is 0 Å². The van der Waals surface area contributed by atoms with E-state index in [9.17, 15) is 0 Å². The summed E-state index contributed by atoms with van der Waals surface area (Å²) in [4.78, 5) is 6.88. The molecule has 132 valence electrons. The van der Waals surface area contributed by atoms with Crippen molar-refractivity contribution in [1.82, 2.24) is 0 Å². The number of anilines is 2. The number of benzene rings is 2. The number of aryl methyl sites for hydroxylation is 1. The standard InChI is InChI=1S/C20H26N4O/c1-15-7-9-17(10-8-15)23-20(21)22-13-16-11-12-24(14-16)18-5-3-4-6-19(18)25-2/h3-10,16H,11-14H2,1-2H3,(H3,21,22,23)/t16-/m1/s1. The molecule has 3 rings (SSSR count). The predicted octanol–water partition coefficient (Wildman–Crippen LogP) is 3.26. The maximum Gasteiger partial charge on any atom is 0.193 e. The van der Waals surface area contributed by atoms with Crippen LogP contribution in [0.5, 0.6) is 5.75 Å². The summed E-state index contributed by atoms with van der Waals surface area (Å²) in [6.45, 7) is 4.79. The predicted molar refractivity (Wildman–Crippen MR) is 105 cm³/mol. The van der Waals surface area contributed by atoms with Gasteiger partial charge < -0.3 is 20.7 Å². The molecule has 1 fully saturated rings. The number of guanidine groups is 1. The summed E-state index contributed by atoms with van der Waals surface area (Å²) in [6.07, 6.45) is 1.11. The van der Waals surface area contributed by atoms with Gasteiger partial charge in [0, 0.05) is 25.3 Å². The van der Waals surface area contributed by atoms with E-state index in [0.717, 1.165) is 43.2 Å². The molecule has 1 aliphatic heterocycles. The molecule has 0 saturated carbocycles. The maximum absolute atomic E-state index is 6.02. The molecule has 0 unspecified atom stereocenters. The number of rotatable bonds is 5. The van der Waals surface area contributed by atoms with E-state index in [-0.39, 0.29) is 0 Å². The Morgan fingerprint density at radius 3 is 2.76 bits per heavy atom. The van der Waals surface area contributed by atoms with Gasteiger partial charge in [-0.1, -0.05) is 29.8 Å². The molecule has 5 nitrogen and oxygen atoms in total. The van der Waals surface area contributed by atoms with Crippen LogP contribution in [0.25, 0.3) is 0 Å². The number of hydrogen-bond acceptors (Lipinski definition) is 3. The number of nitrogens with two attached hydrogens (primary N) is 1. The Morgan fingerprint density at radius 1 is 1.24 bits per heavy atom. The SMILES string of the molecule is COc1ccccc1N1CC[C@H](CN=C(N)Nc2ccc(C)cc2)C1. The lowest BCUT2D eigenvalue weighted by molar-refractivity contribution is 0.414. The minimum Gasteiger partial charge on any atom is -0.495 e. The van der Waals surface area contributed by atoms with Crippen LogP contribution in [-0.2, 0) is 0 Å². The van der Waals surface area contributed by atoms with Crippen LogP contribution < -0.4 is 20.7 Å². The number of ether oxygens (including phenoxy) is 1. The van der Waals surface area contributed by atoms with Crippen LogP contribution in [0.2, 0.25) is 0 Å². The molecule has 0 bridgehead atoms. The summed E-state index contributed by atoms with van der Waals surface area (Å²) in [5.74, 6) is 1.90. The second-order valence-electron chi connectivity index (χ2n) is 6.49. The molecule has 0 spiro atoms. The third kappa shape index (κ3) is 4.44. The second-order valence-corrected chi connectivity index (χ2v) is 6.49. The zero-order valence-electron chi connectivity index (χ0n) is 14.9. The third-order valence-corrected chi connectivity index (χ3v) is 4.56. The van der Waals surface area contributed by atoms with Crippen molar-refractivity contribution in [3.63, 3.8) is 0 Å². The molecule has 3 N–H and O–H groups in total. The van der Waals surface area contributed by atoms with Gasteiger partial charge in [0.15, 0.2) is 5.96 Å². The number of hydrogen-bond donors (Lipinski definition) is 2. The maximum atomic E-state index is 6.02. The molecule has 25 heavy (non-hydrogen) atoms. The van der Waals surface area contributed by atoms with Gasteiger partial charge in [0.1, 0.15) is 5.75 Å². The first-order chi connectivity index (χ1) is 12.2. The van der Waals surface area contributed by atoms with Gasteiger partial charge in [0.25, 0.3) is 0 Å². The van der Waals surface area contributed by atoms with E-state index < -0.39 is 0 Å². The highest BCUT2D eigenvalue weighted by molar-refractivity contribution is 5.92. The smallest absolute Gasteiger partial charge is 0.193 e. The van der Waals surface area contributed by atoms with E-state index >= 15 is 0 Å². The summed E-state index contributed by atoms with van der Waals surface area (Å²) in [5, 5.41) is 3.15. The molecule has 5 heteroatoms. The quantitative estimate of drug-likeness (QED) is 0.649. The minimum atomic E-state index is 0.472. The summed E-state index contributed by atoms with van der Waals surface area (Å²) in [5.41, 5.74) is 9.37. The van der Waals surface area contributed by atoms with Crippen LogP contribution in [-0.4, -0.2) is 32.7 Å². The Labute approximate surface area is 149 Å². The van der Waals surface area contributed by atoms with Crippen molar-refractivity contribution in [3.8, 4) is 5.75 Å². The molecule has 1 saturated heterocycles. The minimum absolute atomic E-state index is 0.472. The average Bonchev–Trinajstić information content (AvgIpc) is 3.11. The van der Waals surface area contributed by atoms with Gasteiger partial charge in [-0.05, 0) is 43.5 Å². The Kier molecular flexibility index (Phi) is 5.43. The van der Waals surface area contributed by atoms with Crippen LogP contribution in [0.1, 0.15) is 12.0 Å². The summed E-state index contributed by atoms with van der Waals surface area (Å²) >= 11 is 0. The van der Waals surface area contributed by atoms with Crippen LogP contribution in [0.4, 0.5) is 11.4 Å². The van der Waals surface area contributed by atoms with Crippen molar-refractivity contribution >= 4 is 17.3 Å². The fraction of sp³-hybridized carbons (Fsp3) is 0.350. The lowest BCUT2D eigenvalue weighted by Gasteiger charge is -2.21. The molecular weight excluding hydrogens is 312 g/mol. The average molecular weight is 338 g/mol. The molecule has 2 aromatic carbocycles. The topological polar surface area (TPSA) is 62.9 Å². The number of nitrogens with zero attached hydrogens (tertiary/aromatic N) is 2. The van der Waals surface area contributed by atoms with Crippen molar-refractivity contribution in [1.29, 1.82) is 0 Å². The van der Waals surface area contributed by atoms with Gasteiger partial charge in [-0.2, -0.15) is 0 Å². The van der Waals surface area contributed by atoms with E-state index in [2.05, 4.69) is 40.3 Å². The first-order valence-corrected chi connectivity index (χ1v) is 8.67. The van der Waals surface area contributed by atoms with Gasteiger partial charge in [-0.15, -0.1) is 0 Å². The van der Waals surface area contributed by atoms with Crippen molar-refractivity contribution in [3.05, 3.63) is 54.1 Å². The molecule has 1 aliphatic rings.